The summed E-state index contributed by atoms with van der Waals surface area (Å²) in [6.07, 6.45) is 6.53. The Labute approximate surface area is 152 Å². The van der Waals surface area contributed by atoms with E-state index < -0.39 is 5.41 Å². The van der Waals surface area contributed by atoms with Gasteiger partial charge in [-0.05, 0) is 48.6 Å². The third-order valence-corrected chi connectivity index (χ3v) is 4.68. The summed E-state index contributed by atoms with van der Waals surface area (Å²) in [4.78, 5) is 19.4. The highest BCUT2D eigenvalue weighted by Crippen LogP contribution is 2.29. The monoisotopic (exact) mass is 341 g/mol. The van der Waals surface area contributed by atoms with Gasteiger partial charge < -0.3 is 4.98 Å². The van der Waals surface area contributed by atoms with Gasteiger partial charge in [-0.25, -0.2) is 4.98 Å². The second-order valence-electron chi connectivity index (χ2n) is 6.56. The third kappa shape index (κ3) is 3.23. The van der Waals surface area contributed by atoms with E-state index in [9.17, 15) is 10.1 Å². The zero-order chi connectivity index (χ0) is 18.7. The SMILES string of the molecule is C#Cc1cccc(CC(C)(C#N)c2ccc3cc(CC)c(=O)[nH]c3c2)n1. The van der Waals surface area contributed by atoms with Gasteiger partial charge in [-0.3, -0.25) is 4.79 Å². The number of terminal acetylenes is 1. The molecule has 4 nitrogen and oxygen atoms in total. The van der Waals surface area contributed by atoms with Crippen LogP contribution in [-0.2, 0) is 18.3 Å². The van der Waals surface area contributed by atoms with E-state index in [-0.39, 0.29) is 5.56 Å². The van der Waals surface area contributed by atoms with Crippen LogP contribution in [0.25, 0.3) is 10.9 Å². The van der Waals surface area contributed by atoms with Crippen LogP contribution < -0.4 is 5.56 Å². The molecule has 3 rings (SSSR count). The van der Waals surface area contributed by atoms with Gasteiger partial charge in [0, 0.05) is 23.2 Å². The molecule has 0 saturated carbocycles. The van der Waals surface area contributed by atoms with Crippen LogP contribution in [0.1, 0.15) is 36.4 Å². The number of hydrogen-bond donors (Lipinski definition) is 1. The van der Waals surface area contributed by atoms with Gasteiger partial charge in [-0.1, -0.05) is 31.0 Å². The summed E-state index contributed by atoms with van der Waals surface area (Å²) in [7, 11) is 0. The zero-order valence-corrected chi connectivity index (χ0v) is 14.8. The lowest BCUT2D eigenvalue weighted by Crippen LogP contribution is -2.24. The molecule has 0 amide bonds. The summed E-state index contributed by atoms with van der Waals surface area (Å²) in [6, 6.07) is 15.5. The van der Waals surface area contributed by atoms with Crippen molar-refractivity contribution in [3.05, 3.63) is 75.3 Å². The van der Waals surface area contributed by atoms with E-state index in [1.165, 1.54) is 0 Å². The molecule has 0 spiro atoms. The van der Waals surface area contributed by atoms with Crippen LogP contribution >= 0.6 is 0 Å². The largest absolute Gasteiger partial charge is 0.322 e. The van der Waals surface area contributed by atoms with Gasteiger partial charge >= 0.3 is 0 Å². The van der Waals surface area contributed by atoms with E-state index in [0.29, 0.717) is 18.5 Å². The van der Waals surface area contributed by atoms with Gasteiger partial charge in [0.25, 0.3) is 5.56 Å². The highest BCUT2D eigenvalue weighted by Gasteiger charge is 2.28. The van der Waals surface area contributed by atoms with E-state index in [4.69, 9.17) is 6.42 Å². The molecular formula is C22H19N3O. The van der Waals surface area contributed by atoms with Gasteiger partial charge in [0.2, 0.25) is 0 Å². The van der Waals surface area contributed by atoms with Crippen molar-refractivity contribution in [1.29, 1.82) is 5.26 Å². The van der Waals surface area contributed by atoms with Crippen molar-refractivity contribution in [2.75, 3.05) is 0 Å². The normalized spacial score (nSPS) is 12.9. The lowest BCUT2D eigenvalue weighted by molar-refractivity contribution is 0.597. The number of nitrogens with zero attached hydrogens (tertiary/aromatic N) is 2. The minimum atomic E-state index is -0.783. The molecule has 0 fully saturated rings. The predicted octanol–water partition coefficient (Wildman–Crippen LogP) is 3.49. The van der Waals surface area contributed by atoms with Gasteiger partial charge in [-0.2, -0.15) is 5.26 Å². The summed E-state index contributed by atoms with van der Waals surface area (Å²) in [5, 5.41) is 10.8. The second kappa shape index (κ2) is 6.86. The fourth-order valence-corrected chi connectivity index (χ4v) is 3.08. The van der Waals surface area contributed by atoms with Crippen LogP contribution in [0.15, 0.2) is 47.3 Å². The highest BCUT2D eigenvalue weighted by molar-refractivity contribution is 5.80. The Morgan fingerprint density at radius 3 is 2.77 bits per heavy atom. The van der Waals surface area contributed by atoms with Crippen LogP contribution in [0.2, 0.25) is 0 Å². The Hall–Kier alpha value is -3.37. The van der Waals surface area contributed by atoms with Crippen molar-refractivity contribution in [2.45, 2.75) is 32.1 Å². The Balaban J connectivity index is 2.05. The Bertz CT molecular complexity index is 1110. The van der Waals surface area contributed by atoms with E-state index in [0.717, 1.165) is 27.7 Å². The molecule has 0 aliphatic heterocycles. The predicted molar refractivity (Wildman–Crippen MR) is 103 cm³/mol. The van der Waals surface area contributed by atoms with Gasteiger partial charge in [0.15, 0.2) is 0 Å². The average molecular weight is 341 g/mol. The first-order valence-electron chi connectivity index (χ1n) is 8.49. The second-order valence-corrected chi connectivity index (χ2v) is 6.56. The minimum Gasteiger partial charge on any atom is -0.322 e. The van der Waals surface area contributed by atoms with E-state index in [2.05, 4.69) is 22.0 Å². The molecule has 128 valence electrons. The molecule has 2 heterocycles. The molecule has 1 unspecified atom stereocenters. The smallest absolute Gasteiger partial charge is 0.251 e. The van der Waals surface area contributed by atoms with E-state index in [1.54, 1.807) is 6.07 Å². The maximum absolute atomic E-state index is 12.1. The van der Waals surface area contributed by atoms with Crippen LogP contribution in [0, 0.1) is 23.7 Å². The lowest BCUT2D eigenvalue weighted by Gasteiger charge is -2.22. The first-order valence-corrected chi connectivity index (χ1v) is 8.49. The number of rotatable bonds is 4. The van der Waals surface area contributed by atoms with Crippen LogP contribution in [0.4, 0.5) is 0 Å². The number of benzene rings is 1. The summed E-state index contributed by atoms with van der Waals surface area (Å²) < 4.78 is 0. The summed E-state index contributed by atoms with van der Waals surface area (Å²) >= 11 is 0. The van der Waals surface area contributed by atoms with Crippen molar-refractivity contribution in [1.82, 2.24) is 9.97 Å². The maximum atomic E-state index is 12.1. The van der Waals surface area contributed by atoms with Crippen molar-refractivity contribution in [3.8, 4) is 18.4 Å². The average Bonchev–Trinajstić information content (AvgIpc) is 2.67. The van der Waals surface area contributed by atoms with E-state index in [1.807, 2.05) is 50.2 Å². The molecule has 0 aliphatic carbocycles. The minimum absolute atomic E-state index is 0.0841. The van der Waals surface area contributed by atoms with Gasteiger partial charge in [-0.15, -0.1) is 6.42 Å². The Morgan fingerprint density at radius 2 is 2.08 bits per heavy atom. The first-order chi connectivity index (χ1) is 12.5. The van der Waals surface area contributed by atoms with Crippen LogP contribution in [-0.4, -0.2) is 9.97 Å². The topological polar surface area (TPSA) is 69.5 Å². The number of H-pyrrole nitrogens is 1. The zero-order valence-electron chi connectivity index (χ0n) is 14.8. The fraction of sp³-hybridized carbons (Fsp3) is 0.227. The molecule has 1 aromatic carbocycles. The molecular weight excluding hydrogens is 322 g/mol. The molecule has 26 heavy (non-hydrogen) atoms. The molecule has 2 aromatic heterocycles. The molecule has 1 atom stereocenters. The van der Waals surface area contributed by atoms with E-state index >= 15 is 0 Å². The van der Waals surface area contributed by atoms with Crippen molar-refractivity contribution in [2.24, 2.45) is 0 Å². The Morgan fingerprint density at radius 1 is 1.27 bits per heavy atom. The molecule has 0 radical (unpaired) electrons. The molecule has 0 bridgehead atoms. The molecule has 0 saturated heterocycles. The number of nitriles is 1. The number of aryl methyl sites for hydroxylation is 1. The molecule has 1 N–H and O–H groups in total. The number of nitrogens with one attached hydrogen (secondary N) is 1. The summed E-state index contributed by atoms with van der Waals surface area (Å²) in [5.41, 5.74) is 2.77. The number of aromatic nitrogens is 2. The standard InChI is InChI=1S/C22H19N3O/c1-4-15-11-16-9-10-17(12-20(16)25-21(15)26)22(3,14-23)13-19-8-6-7-18(5-2)24-19/h2,6-12H,4,13H2,1,3H3,(H,25,26). The van der Waals surface area contributed by atoms with Gasteiger partial charge in [0.1, 0.15) is 5.69 Å². The number of aromatic amines is 1. The Kier molecular flexibility index (Phi) is 4.61. The van der Waals surface area contributed by atoms with Crippen LogP contribution in [0.5, 0.6) is 0 Å². The lowest BCUT2D eigenvalue weighted by atomic mass is 9.79. The number of hydrogen-bond acceptors (Lipinski definition) is 3. The van der Waals surface area contributed by atoms with Crippen molar-refractivity contribution >= 4 is 10.9 Å². The maximum Gasteiger partial charge on any atom is 0.251 e. The molecule has 4 heteroatoms. The quantitative estimate of drug-likeness (QED) is 0.739. The summed E-state index contributed by atoms with van der Waals surface area (Å²) in [6.45, 7) is 3.83. The third-order valence-electron chi connectivity index (χ3n) is 4.68. The molecule has 3 aromatic rings. The highest BCUT2D eigenvalue weighted by atomic mass is 16.1. The van der Waals surface area contributed by atoms with Crippen LogP contribution in [0.3, 0.4) is 0 Å². The number of fused-ring (bicyclic) bond motifs is 1. The molecule has 0 aliphatic rings. The number of pyridine rings is 2. The van der Waals surface area contributed by atoms with Gasteiger partial charge in [0.05, 0.1) is 11.5 Å². The first kappa shape index (κ1) is 17.5. The summed E-state index contributed by atoms with van der Waals surface area (Å²) in [5.74, 6) is 2.52. The van der Waals surface area contributed by atoms with Crippen molar-refractivity contribution < 1.29 is 0 Å². The fourth-order valence-electron chi connectivity index (χ4n) is 3.08. The van der Waals surface area contributed by atoms with Crippen molar-refractivity contribution in [3.63, 3.8) is 0 Å².